The molecule has 2 saturated heterocycles. The molecular formula is C14H21N5O4. The largest absolute Gasteiger partial charge is 0.378 e. The number of hydrogen-bond donors (Lipinski definition) is 1. The Labute approximate surface area is 134 Å². The van der Waals surface area contributed by atoms with E-state index in [4.69, 9.17) is 9.47 Å². The number of nitrogens with zero attached hydrogens (tertiary/aromatic N) is 4. The molecule has 1 aromatic rings. The summed E-state index contributed by atoms with van der Waals surface area (Å²) < 4.78 is 10.9. The molecule has 2 aliphatic heterocycles. The van der Waals surface area contributed by atoms with Gasteiger partial charge in [-0.05, 0) is 19.8 Å². The summed E-state index contributed by atoms with van der Waals surface area (Å²) in [5.41, 5.74) is 0.330. The van der Waals surface area contributed by atoms with Crippen LogP contribution in [0.5, 0.6) is 0 Å². The number of rotatable bonds is 5. The Bertz CT molecular complexity index is 571. The maximum Gasteiger partial charge on any atom is 0.332 e. The van der Waals surface area contributed by atoms with Gasteiger partial charge in [0, 0.05) is 26.2 Å². The number of nitrogens with one attached hydrogen (secondary N) is 1. The fourth-order valence-electron chi connectivity index (χ4n) is 2.85. The molecule has 0 saturated carbocycles. The standard InChI is InChI=1S/C14H21N5O4/c1-10-12(19(20)21)13(18-4-7-22-8-5-18)17-14(16-10)15-9-11-3-2-6-23-11/h11H,2-9H2,1H3,(H,15,16,17)/t11-/m1/s1. The van der Waals surface area contributed by atoms with E-state index in [0.29, 0.717) is 50.3 Å². The average Bonchev–Trinajstić information content (AvgIpc) is 3.06. The minimum Gasteiger partial charge on any atom is -0.378 e. The zero-order valence-corrected chi connectivity index (χ0v) is 13.2. The van der Waals surface area contributed by atoms with Crippen LogP contribution in [-0.2, 0) is 9.47 Å². The van der Waals surface area contributed by atoms with E-state index in [9.17, 15) is 10.1 Å². The number of morpholine rings is 1. The van der Waals surface area contributed by atoms with Crippen LogP contribution in [0.3, 0.4) is 0 Å². The number of ether oxygens (including phenoxy) is 2. The third kappa shape index (κ3) is 3.67. The first-order valence-corrected chi connectivity index (χ1v) is 7.86. The van der Waals surface area contributed by atoms with Crippen molar-refractivity contribution >= 4 is 17.5 Å². The van der Waals surface area contributed by atoms with E-state index in [2.05, 4.69) is 15.3 Å². The first-order valence-electron chi connectivity index (χ1n) is 7.86. The maximum atomic E-state index is 11.4. The van der Waals surface area contributed by atoms with Crippen LogP contribution >= 0.6 is 0 Å². The van der Waals surface area contributed by atoms with Gasteiger partial charge in [-0.2, -0.15) is 4.98 Å². The van der Waals surface area contributed by atoms with Crippen LogP contribution in [0.15, 0.2) is 0 Å². The van der Waals surface area contributed by atoms with Crippen LogP contribution in [0, 0.1) is 17.0 Å². The highest BCUT2D eigenvalue weighted by Crippen LogP contribution is 2.30. The molecule has 3 heterocycles. The molecule has 2 fully saturated rings. The first kappa shape index (κ1) is 15.9. The van der Waals surface area contributed by atoms with E-state index in [1.54, 1.807) is 6.92 Å². The summed E-state index contributed by atoms with van der Waals surface area (Å²) in [5, 5.41) is 14.5. The quantitative estimate of drug-likeness (QED) is 0.635. The summed E-state index contributed by atoms with van der Waals surface area (Å²) in [7, 11) is 0. The van der Waals surface area contributed by atoms with Crippen molar-refractivity contribution in [3.05, 3.63) is 15.8 Å². The summed E-state index contributed by atoms with van der Waals surface area (Å²) >= 11 is 0. The molecule has 0 radical (unpaired) electrons. The summed E-state index contributed by atoms with van der Waals surface area (Å²) in [6.45, 7) is 5.29. The number of aromatic nitrogens is 2. The van der Waals surface area contributed by atoms with Gasteiger partial charge in [-0.3, -0.25) is 10.1 Å². The first-order chi connectivity index (χ1) is 11.1. The van der Waals surface area contributed by atoms with Crippen molar-refractivity contribution in [3.63, 3.8) is 0 Å². The van der Waals surface area contributed by atoms with Crippen molar-refractivity contribution in [1.82, 2.24) is 9.97 Å². The molecule has 0 bridgehead atoms. The monoisotopic (exact) mass is 323 g/mol. The molecule has 1 aromatic heterocycles. The van der Waals surface area contributed by atoms with Crippen LogP contribution in [0.25, 0.3) is 0 Å². The predicted molar refractivity (Wildman–Crippen MR) is 83.9 cm³/mol. The van der Waals surface area contributed by atoms with Gasteiger partial charge in [-0.1, -0.05) is 0 Å². The summed E-state index contributed by atoms with van der Waals surface area (Å²) in [5.74, 6) is 0.769. The average molecular weight is 323 g/mol. The molecule has 3 rings (SSSR count). The Kier molecular flexibility index (Phi) is 4.87. The predicted octanol–water partition coefficient (Wildman–Crippen LogP) is 1.12. The lowest BCUT2D eigenvalue weighted by molar-refractivity contribution is -0.385. The van der Waals surface area contributed by atoms with Gasteiger partial charge in [0.05, 0.1) is 24.2 Å². The van der Waals surface area contributed by atoms with Gasteiger partial charge in [0.2, 0.25) is 11.8 Å². The molecular weight excluding hydrogens is 302 g/mol. The molecule has 9 heteroatoms. The second-order valence-electron chi connectivity index (χ2n) is 5.68. The fourth-order valence-corrected chi connectivity index (χ4v) is 2.85. The number of aryl methyl sites for hydroxylation is 1. The molecule has 126 valence electrons. The molecule has 1 N–H and O–H groups in total. The van der Waals surface area contributed by atoms with Crippen LogP contribution in [0.4, 0.5) is 17.5 Å². The molecule has 0 unspecified atom stereocenters. The van der Waals surface area contributed by atoms with Gasteiger partial charge in [-0.15, -0.1) is 0 Å². The Morgan fingerprint density at radius 2 is 2.13 bits per heavy atom. The molecule has 0 amide bonds. The van der Waals surface area contributed by atoms with Crippen LogP contribution in [-0.4, -0.2) is 60.5 Å². The van der Waals surface area contributed by atoms with Gasteiger partial charge in [-0.25, -0.2) is 4.98 Å². The van der Waals surface area contributed by atoms with E-state index in [-0.39, 0.29) is 11.8 Å². The second-order valence-corrected chi connectivity index (χ2v) is 5.68. The smallest absolute Gasteiger partial charge is 0.332 e. The van der Waals surface area contributed by atoms with E-state index in [0.717, 1.165) is 19.4 Å². The van der Waals surface area contributed by atoms with Crippen LogP contribution < -0.4 is 10.2 Å². The lowest BCUT2D eigenvalue weighted by atomic mass is 10.2. The SMILES string of the molecule is Cc1nc(NC[C@H]2CCCO2)nc(N2CCOCC2)c1[N+](=O)[O-]. The van der Waals surface area contributed by atoms with E-state index in [1.807, 2.05) is 4.90 Å². The second kappa shape index (κ2) is 7.05. The van der Waals surface area contributed by atoms with Crippen molar-refractivity contribution in [2.24, 2.45) is 0 Å². The third-order valence-corrected chi connectivity index (χ3v) is 4.04. The van der Waals surface area contributed by atoms with Crippen molar-refractivity contribution in [2.45, 2.75) is 25.9 Å². The van der Waals surface area contributed by atoms with Crippen molar-refractivity contribution in [2.75, 3.05) is 49.7 Å². The molecule has 23 heavy (non-hydrogen) atoms. The minimum absolute atomic E-state index is 0.0328. The van der Waals surface area contributed by atoms with Gasteiger partial charge >= 0.3 is 5.69 Å². The fraction of sp³-hybridized carbons (Fsp3) is 0.714. The van der Waals surface area contributed by atoms with Gasteiger partial charge in [0.25, 0.3) is 0 Å². The Hall–Kier alpha value is -2.00. The minimum atomic E-state index is -0.413. The van der Waals surface area contributed by atoms with E-state index < -0.39 is 4.92 Å². The Morgan fingerprint density at radius 1 is 1.35 bits per heavy atom. The van der Waals surface area contributed by atoms with E-state index in [1.165, 1.54) is 0 Å². The number of anilines is 2. The maximum absolute atomic E-state index is 11.4. The molecule has 9 nitrogen and oxygen atoms in total. The number of nitro groups is 1. The highest BCUT2D eigenvalue weighted by molar-refractivity contribution is 5.62. The topological polar surface area (TPSA) is 103 Å². The number of hydrogen-bond acceptors (Lipinski definition) is 8. The van der Waals surface area contributed by atoms with Crippen molar-refractivity contribution < 1.29 is 14.4 Å². The lowest BCUT2D eigenvalue weighted by Gasteiger charge is -2.27. The van der Waals surface area contributed by atoms with E-state index >= 15 is 0 Å². The lowest BCUT2D eigenvalue weighted by Crippen LogP contribution is -2.37. The highest BCUT2D eigenvalue weighted by Gasteiger charge is 2.28. The highest BCUT2D eigenvalue weighted by atomic mass is 16.6. The zero-order chi connectivity index (χ0) is 16.2. The zero-order valence-electron chi connectivity index (χ0n) is 13.2. The third-order valence-electron chi connectivity index (χ3n) is 4.04. The molecule has 0 spiro atoms. The molecule has 2 aliphatic rings. The van der Waals surface area contributed by atoms with Crippen molar-refractivity contribution in [3.8, 4) is 0 Å². The van der Waals surface area contributed by atoms with Gasteiger partial charge in [0.1, 0.15) is 5.69 Å². The summed E-state index contributed by atoms with van der Waals surface area (Å²) in [6.07, 6.45) is 2.22. The van der Waals surface area contributed by atoms with Crippen LogP contribution in [0.2, 0.25) is 0 Å². The van der Waals surface area contributed by atoms with Gasteiger partial charge < -0.3 is 19.7 Å². The summed E-state index contributed by atoms with van der Waals surface area (Å²) in [6, 6.07) is 0. The van der Waals surface area contributed by atoms with Gasteiger partial charge in [0.15, 0.2) is 0 Å². The molecule has 0 aliphatic carbocycles. The molecule has 0 aromatic carbocycles. The Balaban J connectivity index is 1.82. The normalized spacial score (nSPS) is 21.4. The molecule has 1 atom stereocenters. The van der Waals surface area contributed by atoms with Crippen LogP contribution in [0.1, 0.15) is 18.5 Å². The Morgan fingerprint density at radius 3 is 2.78 bits per heavy atom. The summed E-state index contributed by atoms with van der Waals surface area (Å²) in [4.78, 5) is 21.5. The van der Waals surface area contributed by atoms with Crippen molar-refractivity contribution in [1.29, 1.82) is 0 Å².